The number of hydrogen-bond acceptors (Lipinski definition) is 6. The molecule has 0 unspecified atom stereocenters. The lowest BCUT2D eigenvalue weighted by Gasteiger charge is -2.31. The Morgan fingerprint density at radius 1 is 1.30 bits per heavy atom. The van der Waals surface area contributed by atoms with Crippen molar-refractivity contribution in [3.63, 3.8) is 0 Å². The number of hydrogen-bond donors (Lipinski definition) is 0. The number of ether oxygens (including phenoxy) is 2. The van der Waals surface area contributed by atoms with Gasteiger partial charge in [-0.05, 0) is 45.7 Å². The first-order valence-electron chi connectivity index (χ1n) is 7.41. The van der Waals surface area contributed by atoms with Crippen LogP contribution in [-0.4, -0.2) is 45.7 Å². The summed E-state index contributed by atoms with van der Waals surface area (Å²) in [7, 11) is 0. The Kier molecular flexibility index (Phi) is 5.09. The van der Waals surface area contributed by atoms with Crippen molar-refractivity contribution in [2.24, 2.45) is 0 Å². The second-order valence-electron chi connectivity index (χ2n) is 6.14. The van der Waals surface area contributed by atoms with E-state index in [1.54, 1.807) is 27.7 Å². The number of halogens is 1. The van der Waals surface area contributed by atoms with E-state index in [1.807, 2.05) is 0 Å². The third-order valence-electron chi connectivity index (χ3n) is 3.16. The predicted octanol–water partition coefficient (Wildman–Crippen LogP) is 2.60. The van der Waals surface area contributed by atoms with E-state index in [-0.39, 0.29) is 24.1 Å². The lowest BCUT2D eigenvalue weighted by atomic mass is 10.0. The van der Waals surface area contributed by atoms with Gasteiger partial charge in [0.25, 0.3) is 0 Å². The molecule has 0 saturated heterocycles. The van der Waals surface area contributed by atoms with Gasteiger partial charge in [-0.3, -0.25) is 0 Å². The number of aromatic nitrogens is 2. The monoisotopic (exact) mass is 341 g/mol. The summed E-state index contributed by atoms with van der Waals surface area (Å²) in [5.41, 5.74) is 0.819. The first-order valence-corrected chi connectivity index (χ1v) is 7.79. The van der Waals surface area contributed by atoms with Crippen LogP contribution in [-0.2, 0) is 22.4 Å². The van der Waals surface area contributed by atoms with Crippen LogP contribution in [0.1, 0.15) is 49.4 Å². The zero-order valence-electron chi connectivity index (χ0n) is 13.7. The second kappa shape index (κ2) is 6.70. The molecule has 23 heavy (non-hydrogen) atoms. The lowest BCUT2D eigenvalue weighted by molar-refractivity contribution is 0.0220. The van der Waals surface area contributed by atoms with Gasteiger partial charge in [-0.2, -0.15) is 0 Å². The molecule has 2 rings (SSSR count). The minimum atomic E-state index is -0.573. The summed E-state index contributed by atoms with van der Waals surface area (Å²) in [6, 6.07) is 0. The van der Waals surface area contributed by atoms with Crippen molar-refractivity contribution in [3.8, 4) is 0 Å². The summed E-state index contributed by atoms with van der Waals surface area (Å²) in [6.45, 7) is 8.02. The highest BCUT2D eigenvalue weighted by Crippen LogP contribution is 2.23. The summed E-state index contributed by atoms with van der Waals surface area (Å²) in [5.74, 6) is -0.529. The molecule has 1 aliphatic heterocycles. The number of amides is 1. The van der Waals surface area contributed by atoms with Crippen LogP contribution < -0.4 is 0 Å². The molecule has 0 atom stereocenters. The Bertz CT molecular complexity index is 628. The molecule has 7 nitrogen and oxygen atoms in total. The first kappa shape index (κ1) is 17.5. The molecule has 1 aromatic rings. The minimum absolute atomic E-state index is 0.0437. The second-order valence-corrected chi connectivity index (χ2v) is 6.48. The van der Waals surface area contributed by atoms with Gasteiger partial charge in [-0.1, -0.05) is 0 Å². The van der Waals surface area contributed by atoms with E-state index in [0.29, 0.717) is 24.2 Å². The van der Waals surface area contributed by atoms with Gasteiger partial charge in [0.2, 0.25) is 5.28 Å². The van der Waals surface area contributed by atoms with Crippen molar-refractivity contribution >= 4 is 23.7 Å². The Hall–Kier alpha value is -1.89. The van der Waals surface area contributed by atoms with Crippen LogP contribution in [0.2, 0.25) is 5.28 Å². The molecule has 0 aromatic carbocycles. The first-order chi connectivity index (χ1) is 10.7. The Morgan fingerprint density at radius 3 is 2.61 bits per heavy atom. The smallest absolute Gasteiger partial charge is 0.410 e. The van der Waals surface area contributed by atoms with Gasteiger partial charge in [0.1, 0.15) is 5.60 Å². The van der Waals surface area contributed by atoms with Gasteiger partial charge >= 0.3 is 12.1 Å². The third kappa shape index (κ3) is 4.31. The molecule has 0 spiro atoms. The molecule has 0 bridgehead atoms. The fraction of sp³-hybridized carbons (Fsp3) is 0.600. The van der Waals surface area contributed by atoms with Gasteiger partial charge in [-0.25, -0.2) is 19.6 Å². The number of esters is 1. The lowest BCUT2D eigenvalue weighted by Crippen LogP contribution is -2.40. The standard InChI is InChI=1S/C15H20ClN3O4/c1-5-22-12(20)11-9-6-7-19(14(21)23-15(2,3)4)8-10(9)17-13(16)18-11/h5-8H2,1-4H3. The van der Waals surface area contributed by atoms with Crippen molar-refractivity contribution in [2.45, 2.75) is 46.3 Å². The predicted molar refractivity (Wildman–Crippen MR) is 83.3 cm³/mol. The molecule has 0 aliphatic carbocycles. The van der Waals surface area contributed by atoms with Crippen molar-refractivity contribution in [1.29, 1.82) is 0 Å². The average molecular weight is 342 g/mol. The number of carbonyl (C=O) groups is 2. The van der Waals surface area contributed by atoms with E-state index >= 15 is 0 Å². The van der Waals surface area contributed by atoms with Crippen molar-refractivity contribution in [2.75, 3.05) is 13.2 Å². The van der Waals surface area contributed by atoms with Gasteiger partial charge in [0, 0.05) is 12.1 Å². The number of fused-ring (bicyclic) bond motifs is 1. The summed E-state index contributed by atoms with van der Waals surface area (Å²) in [4.78, 5) is 33.8. The highest BCUT2D eigenvalue weighted by molar-refractivity contribution is 6.28. The van der Waals surface area contributed by atoms with E-state index in [1.165, 1.54) is 4.90 Å². The van der Waals surface area contributed by atoms with E-state index in [2.05, 4.69) is 9.97 Å². The molecular formula is C15H20ClN3O4. The number of nitrogens with zero attached hydrogens (tertiary/aromatic N) is 3. The van der Waals surface area contributed by atoms with Crippen molar-refractivity contribution in [3.05, 3.63) is 22.2 Å². The van der Waals surface area contributed by atoms with Crippen LogP contribution in [0.3, 0.4) is 0 Å². The molecule has 1 aliphatic rings. The maximum Gasteiger partial charge on any atom is 0.410 e. The van der Waals surface area contributed by atoms with Crippen LogP contribution in [0.15, 0.2) is 0 Å². The van der Waals surface area contributed by atoms with Crippen molar-refractivity contribution in [1.82, 2.24) is 14.9 Å². The maximum absolute atomic E-state index is 12.2. The largest absolute Gasteiger partial charge is 0.461 e. The van der Waals surface area contributed by atoms with Crippen LogP contribution in [0.5, 0.6) is 0 Å². The maximum atomic E-state index is 12.2. The van der Waals surface area contributed by atoms with Crippen LogP contribution in [0.25, 0.3) is 0 Å². The van der Waals surface area contributed by atoms with E-state index < -0.39 is 17.7 Å². The van der Waals surface area contributed by atoms with Crippen LogP contribution >= 0.6 is 11.6 Å². The third-order valence-corrected chi connectivity index (χ3v) is 3.33. The average Bonchev–Trinajstić information content (AvgIpc) is 2.44. The normalized spacial score (nSPS) is 14.2. The Morgan fingerprint density at radius 2 is 2.00 bits per heavy atom. The van der Waals surface area contributed by atoms with Gasteiger partial charge in [0.05, 0.1) is 18.8 Å². The SMILES string of the molecule is CCOC(=O)c1nc(Cl)nc2c1CCN(C(=O)OC(C)(C)C)C2. The number of carbonyl (C=O) groups excluding carboxylic acids is 2. The van der Waals surface area contributed by atoms with E-state index in [9.17, 15) is 9.59 Å². The summed E-state index contributed by atoms with van der Waals surface area (Å²) in [5, 5.41) is -0.0437. The van der Waals surface area contributed by atoms with Gasteiger partial charge in [0.15, 0.2) is 5.69 Å². The fourth-order valence-electron chi connectivity index (χ4n) is 2.25. The van der Waals surface area contributed by atoms with Crippen LogP contribution in [0.4, 0.5) is 4.79 Å². The highest BCUT2D eigenvalue weighted by atomic mass is 35.5. The molecule has 0 fully saturated rings. The van der Waals surface area contributed by atoms with Gasteiger partial charge in [-0.15, -0.1) is 0 Å². The highest BCUT2D eigenvalue weighted by Gasteiger charge is 2.30. The molecular weight excluding hydrogens is 322 g/mol. The molecule has 0 N–H and O–H groups in total. The zero-order chi connectivity index (χ0) is 17.2. The molecule has 126 valence electrons. The minimum Gasteiger partial charge on any atom is -0.461 e. The summed E-state index contributed by atoms with van der Waals surface area (Å²) >= 11 is 5.90. The summed E-state index contributed by atoms with van der Waals surface area (Å²) < 4.78 is 10.4. The van der Waals surface area contributed by atoms with Crippen molar-refractivity contribution < 1.29 is 19.1 Å². The Balaban J connectivity index is 2.24. The molecule has 0 saturated carbocycles. The summed E-state index contributed by atoms with van der Waals surface area (Å²) in [6.07, 6.45) is 0.0236. The van der Waals surface area contributed by atoms with Crippen LogP contribution in [0, 0.1) is 0 Å². The van der Waals surface area contributed by atoms with Gasteiger partial charge < -0.3 is 14.4 Å². The molecule has 1 amide bonds. The molecule has 0 radical (unpaired) electrons. The van der Waals surface area contributed by atoms with E-state index in [4.69, 9.17) is 21.1 Å². The quantitative estimate of drug-likeness (QED) is 0.607. The zero-order valence-corrected chi connectivity index (χ0v) is 14.4. The Labute approximate surface area is 139 Å². The molecule has 2 heterocycles. The number of rotatable bonds is 2. The fourth-order valence-corrected chi connectivity index (χ4v) is 2.44. The molecule has 8 heteroatoms. The topological polar surface area (TPSA) is 81.6 Å². The molecule has 1 aromatic heterocycles. The van der Waals surface area contributed by atoms with E-state index in [0.717, 1.165) is 0 Å².